The summed E-state index contributed by atoms with van der Waals surface area (Å²) in [6.07, 6.45) is 2.69. The first-order valence-corrected chi connectivity index (χ1v) is 10.1. The number of benzene rings is 1. The Bertz CT molecular complexity index is 832. The molecule has 2 aromatic rings. The number of amides is 1. The van der Waals surface area contributed by atoms with Crippen molar-refractivity contribution in [3.05, 3.63) is 47.5 Å². The monoisotopic (exact) mass is 421 g/mol. The zero-order valence-corrected chi connectivity index (χ0v) is 17.8. The van der Waals surface area contributed by atoms with Gasteiger partial charge in [-0.05, 0) is 36.6 Å². The van der Waals surface area contributed by atoms with Gasteiger partial charge in [0, 0.05) is 45.3 Å². The second-order valence-corrected chi connectivity index (χ2v) is 7.97. The fourth-order valence-electron chi connectivity index (χ4n) is 4.31. The van der Waals surface area contributed by atoms with E-state index in [9.17, 15) is 9.18 Å². The van der Waals surface area contributed by atoms with E-state index in [2.05, 4.69) is 29.2 Å². The van der Waals surface area contributed by atoms with E-state index in [1.54, 1.807) is 23.0 Å². The van der Waals surface area contributed by atoms with E-state index < -0.39 is 0 Å². The first-order chi connectivity index (χ1) is 13.5. The van der Waals surface area contributed by atoms with E-state index >= 15 is 0 Å². The van der Waals surface area contributed by atoms with Crippen LogP contribution in [0.4, 0.5) is 4.39 Å². The van der Waals surface area contributed by atoms with E-state index in [1.165, 1.54) is 12.1 Å². The maximum atomic E-state index is 13.3. The fraction of sp³-hybridized carbons (Fsp3) is 0.524. The van der Waals surface area contributed by atoms with Crippen molar-refractivity contribution < 1.29 is 9.18 Å². The minimum Gasteiger partial charge on any atom is -0.337 e. The van der Waals surface area contributed by atoms with Crippen molar-refractivity contribution in [3.63, 3.8) is 0 Å². The second kappa shape index (κ2) is 9.24. The number of hydrogen-bond donors (Lipinski definition) is 1. The summed E-state index contributed by atoms with van der Waals surface area (Å²) in [5, 5.41) is 7.85. The van der Waals surface area contributed by atoms with Crippen LogP contribution >= 0.6 is 12.4 Å². The van der Waals surface area contributed by atoms with E-state index in [0.717, 1.165) is 57.1 Å². The second-order valence-electron chi connectivity index (χ2n) is 7.97. The molecule has 1 aromatic heterocycles. The standard InChI is InChI=1S/C21H28FN5O.ClH/c1-15(2)20-19(13-24-27(20)17-5-3-16(22)4-6-17)21(28)26-10-7-18(14-26)25-11-8-23-9-12-25;/h3-6,13,15,18,23H,7-12,14H2,1-2H3;1H. The quantitative estimate of drug-likeness (QED) is 0.824. The van der Waals surface area contributed by atoms with Gasteiger partial charge in [0.1, 0.15) is 5.82 Å². The van der Waals surface area contributed by atoms with Gasteiger partial charge in [0.2, 0.25) is 0 Å². The van der Waals surface area contributed by atoms with Crippen LogP contribution in [-0.4, -0.2) is 70.8 Å². The summed E-state index contributed by atoms with van der Waals surface area (Å²) in [6.45, 7) is 9.81. The molecular formula is C21H29ClFN5O. The summed E-state index contributed by atoms with van der Waals surface area (Å²) >= 11 is 0. The number of nitrogens with one attached hydrogen (secondary N) is 1. The van der Waals surface area contributed by atoms with Crippen molar-refractivity contribution in [2.24, 2.45) is 0 Å². The summed E-state index contributed by atoms with van der Waals surface area (Å²) in [6, 6.07) is 6.67. The first kappa shape index (κ1) is 21.7. The Kier molecular flexibility index (Phi) is 6.93. The smallest absolute Gasteiger partial charge is 0.257 e. The molecule has 158 valence electrons. The third-order valence-electron chi connectivity index (χ3n) is 5.77. The van der Waals surface area contributed by atoms with Crippen LogP contribution in [0.3, 0.4) is 0 Å². The molecule has 1 amide bonds. The average molecular weight is 422 g/mol. The largest absolute Gasteiger partial charge is 0.337 e. The molecule has 3 heterocycles. The summed E-state index contributed by atoms with van der Waals surface area (Å²) in [4.78, 5) is 17.7. The van der Waals surface area contributed by atoms with Crippen LogP contribution in [0.25, 0.3) is 5.69 Å². The minimum atomic E-state index is -0.283. The highest BCUT2D eigenvalue weighted by Crippen LogP contribution is 2.26. The van der Waals surface area contributed by atoms with Gasteiger partial charge in [-0.25, -0.2) is 9.07 Å². The Morgan fingerprint density at radius 1 is 1.17 bits per heavy atom. The van der Waals surface area contributed by atoms with Gasteiger partial charge >= 0.3 is 0 Å². The van der Waals surface area contributed by atoms with Crippen LogP contribution in [-0.2, 0) is 0 Å². The Morgan fingerprint density at radius 2 is 1.86 bits per heavy atom. The van der Waals surface area contributed by atoms with Gasteiger partial charge in [0.25, 0.3) is 5.91 Å². The van der Waals surface area contributed by atoms with Crippen molar-refractivity contribution in [2.45, 2.75) is 32.2 Å². The molecule has 0 bridgehead atoms. The van der Waals surface area contributed by atoms with Crippen molar-refractivity contribution in [2.75, 3.05) is 39.3 Å². The third-order valence-corrected chi connectivity index (χ3v) is 5.77. The van der Waals surface area contributed by atoms with Gasteiger partial charge in [0.15, 0.2) is 0 Å². The number of carbonyl (C=O) groups excluding carboxylic acids is 1. The van der Waals surface area contributed by atoms with Gasteiger partial charge in [-0.1, -0.05) is 13.8 Å². The molecule has 6 nitrogen and oxygen atoms in total. The normalized spacial score (nSPS) is 20.1. The molecule has 0 aliphatic carbocycles. The van der Waals surface area contributed by atoms with Crippen molar-refractivity contribution >= 4 is 18.3 Å². The molecule has 1 unspecified atom stereocenters. The lowest BCUT2D eigenvalue weighted by molar-refractivity contribution is 0.0772. The number of hydrogen-bond acceptors (Lipinski definition) is 4. The summed E-state index contributed by atoms with van der Waals surface area (Å²) in [5.41, 5.74) is 2.30. The Balaban J connectivity index is 0.00000240. The molecule has 0 saturated carbocycles. The van der Waals surface area contributed by atoms with Crippen LogP contribution in [0.15, 0.2) is 30.5 Å². The molecule has 2 saturated heterocycles. The molecule has 2 aliphatic heterocycles. The maximum absolute atomic E-state index is 13.3. The number of aromatic nitrogens is 2. The summed E-state index contributed by atoms with van der Waals surface area (Å²) < 4.78 is 15.1. The first-order valence-electron chi connectivity index (χ1n) is 10.1. The molecule has 29 heavy (non-hydrogen) atoms. The predicted octanol–water partition coefficient (Wildman–Crippen LogP) is 2.68. The van der Waals surface area contributed by atoms with Crippen molar-refractivity contribution in [3.8, 4) is 5.69 Å². The van der Waals surface area contributed by atoms with Crippen LogP contribution in [0.5, 0.6) is 0 Å². The van der Waals surface area contributed by atoms with Gasteiger partial charge in [-0.3, -0.25) is 9.69 Å². The van der Waals surface area contributed by atoms with Gasteiger partial charge in [-0.15, -0.1) is 12.4 Å². The molecule has 1 atom stereocenters. The number of halogens is 2. The van der Waals surface area contributed by atoms with E-state index in [4.69, 9.17) is 0 Å². The van der Waals surface area contributed by atoms with Crippen molar-refractivity contribution in [1.29, 1.82) is 0 Å². The molecule has 1 aromatic carbocycles. The average Bonchev–Trinajstić information content (AvgIpc) is 3.36. The molecule has 0 radical (unpaired) electrons. The van der Waals surface area contributed by atoms with Gasteiger partial charge in [0.05, 0.1) is 23.1 Å². The Morgan fingerprint density at radius 3 is 2.52 bits per heavy atom. The molecular weight excluding hydrogens is 393 g/mol. The number of carbonyl (C=O) groups is 1. The maximum Gasteiger partial charge on any atom is 0.257 e. The lowest BCUT2D eigenvalue weighted by atomic mass is 10.0. The van der Waals surface area contributed by atoms with Gasteiger partial charge < -0.3 is 10.2 Å². The number of piperazine rings is 1. The van der Waals surface area contributed by atoms with E-state index in [-0.39, 0.29) is 30.0 Å². The zero-order chi connectivity index (χ0) is 19.7. The van der Waals surface area contributed by atoms with Crippen LogP contribution < -0.4 is 5.32 Å². The fourth-order valence-corrected chi connectivity index (χ4v) is 4.31. The highest BCUT2D eigenvalue weighted by atomic mass is 35.5. The van der Waals surface area contributed by atoms with Crippen LogP contribution in [0.2, 0.25) is 0 Å². The third kappa shape index (κ3) is 4.47. The van der Waals surface area contributed by atoms with E-state index in [0.29, 0.717) is 11.6 Å². The lowest BCUT2D eigenvalue weighted by Crippen LogP contribution is -2.49. The summed E-state index contributed by atoms with van der Waals surface area (Å²) in [7, 11) is 0. The van der Waals surface area contributed by atoms with Gasteiger partial charge in [-0.2, -0.15) is 5.10 Å². The van der Waals surface area contributed by atoms with Crippen molar-refractivity contribution in [1.82, 2.24) is 24.9 Å². The molecule has 8 heteroatoms. The molecule has 1 N–H and O–H groups in total. The lowest BCUT2D eigenvalue weighted by Gasteiger charge is -2.32. The highest BCUT2D eigenvalue weighted by molar-refractivity contribution is 5.95. The minimum absolute atomic E-state index is 0. The number of nitrogens with zero attached hydrogens (tertiary/aromatic N) is 4. The number of likely N-dealkylation sites (tertiary alicyclic amines) is 1. The van der Waals surface area contributed by atoms with E-state index in [1.807, 2.05) is 4.90 Å². The highest BCUT2D eigenvalue weighted by Gasteiger charge is 2.33. The van der Waals surface area contributed by atoms with Crippen LogP contribution in [0, 0.1) is 5.82 Å². The van der Waals surface area contributed by atoms with Crippen LogP contribution in [0.1, 0.15) is 42.2 Å². The molecule has 4 rings (SSSR count). The summed E-state index contributed by atoms with van der Waals surface area (Å²) in [5.74, 6) is -0.109. The number of rotatable bonds is 4. The SMILES string of the molecule is CC(C)c1c(C(=O)N2CCC(N3CCNCC3)C2)cnn1-c1ccc(F)cc1.Cl. The Labute approximate surface area is 177 Å². The predicted molar refractivity (Wildman–Crippen MR) is 114 cm³/mol. The molecule has 0 spiro atoms. The molecule has 2 aliphatic rings. The zero-order valence-electron chi connectivity index (χ0n) is 17.0. The molecule has 2 fully saturated rings. The Hall–Kier alpha value is -1.96. The topological polar surface area (TPSA) is 53.4 Å².